The maximum absolute atomic E-state index is 10.7. The number of ether oxygens (including phenoxy) is 2. The molecule has 19 heavy (non-hydrogen) atoms. The van der Waals surface area contributed by atoms with Crippen LogP contribution in [-0.2, 0) is 11.3 Å². The second-order valence-electron chi connectivity index (χ2n) is 5.05. The van der Waals surface area contributed by atoms with Crippen molar-refractivity contribution < 1.29 is 19.4 Å². The van der Waals surface area contributed by atoms with Gasteiger partial charge in [-0.05, 0) is 36.6 Å². The summed E-state index contributed by atoms with van der Waals surface area (Å²) in [6, 6.07) is 5.90. The minimum Gasteiger partial charge on any atom is -0.486 e. The van der Waals surface area contributed by atoms with Crippen LogP contribution < -0.4 is 14.8 Å². The minimum absolute atomic E-state index is 0.146. The predicted molar refractivity (Wildman–Crippen MR) is 68.4 cm³/mol. The minimum atomic E-state index is -0.675. The lowest BCUT2D eigenvalue weighted by molar-refractivity contribution is -0.138. The highest BCUT2D eigenvalue weighted by Crippen LogP contribution is 2.38. The average molecular weight is 263 g/mol. The van der Waals surface area contributed by atoms with Gasteiger partial charge in [0.1, 0.15) is 13.2 Å². The lowest BCUT2D eigenvalue weighted by Gasteiger charge is -2.19. The summed E-state index contributed by atoms with van der Waals surface area (Å²) in [6.07, 6.45) is 0.795. The van der Waals surface area contributed by atoms with Crippen molar-refractivity contribution in [2.24, 2.45) is 11.8 Å². The molecule has 1 saturated carbocycles. The number of rotatable bonds is 5. The molecule has 5 heteroatoms. The van der Waals surface area contributed by atoms with Crippen LogP contribution in [-0.4, -0.2) is 30.8 Å². The monoisotopic (exact) mass is 263 g/mol. The number of carbonyl (C=O) groups is 1. The van der Waals surface area contributed by atoms with Crippen LogP contribution in [0.4, 0.5) is 0 Å². The summed E-state index contributed by atoms with van der Waals surface area (Å²) in [6.45, 7) is 2.67. The van der Waals surface area contributed by atoms with Gasteiger partial charge in [-0.3, -0.25) is 4.79 Å². The van der Waals surface area contributed by atoms with E-state index >= 15 is 0 Å². The number of nitrogens with one attached hydrogen (secondary N) is 1. The maximum atomic E-state index is 10.7. The molecule has 2 atom stereocenters. The van der Waals surface area contributed by atoms with E-state index < -0.39 is 5.97 Å². The van der Waals surface area contributed by atoms with E-state index in [9.17, 15) is 4.79 Å². The quantitative estimate of drug-likeness (QED) is 0.837. The molecule has 2 aliphatic rings. The Balaban J connectivity index is 1.49. The van der Waals surface area contributed by atoms with Crippen LogP contribution >= 0.6 is 0 Å². The fourth-order valence-electron chi connectivity index (χ4n) is 2.38. The lowest BCUT2D eigenvalue weighted by Crippen LogP contribution is -2.19. The third-order valence-corrected chi connectivity index (χ3v) is 3.58. The van der Waals surface area contributed by atoms with Gasteiger partial charge in [0.15, 0.2) is 11.5 Å². The molecule has 3 rings (SSSR count). The number of hydrogen-bond donors (Lipinski definition) is 2. The zero-order valence-electron chi connectivity index (χ0n) is 10.6. The molecule has 1 aliphatic heterocycles. The molecule has 5 nitrogen and oxygen atoms in total. The van der Waals surface area contributed by atoms with Crippen LogP contribution in [0.25, 0.3) is 0 Å². The maximum Gasteiger partial charge on any atom is 0.306 e. The van der Waals surface area contributed by atoms with Crippen LogP contribution in [0.5, 0.6) is 11.5 Å². The highest BCUT2D eigenvalue weighted by Gasteiger charge is 2.42. The predicted octanol–water partition coefficient (Wildman–Crippen LogP) is 1.27. The van der Waals surface area contributed by atoms with Crippen molar-refractivity contribution in [3.8, 4) is 11.5 Å². The van der Waals surface area contributed by atoms with Gasteiger partial charge in [-0.2, -0.15) is 0 Å². The second-order valence-corrected chi connectivity index (χ2v) is 5.05. The Morgan fingerprint density at radius 1 is 1.32 bits per heavy atom. The van der Waals surface area contributed by atoms with Crippen LogP contribution in [0, 0.1) is 11.8 Å². The summed E-state index contributed by atoms with van der Waals surface area (Å²) in [5.74, 6) is 1.05. The molecular formula is C14H17NO4. The number of benzene rings is 1. The van der Waals surface area contributed by atoms with Crippen LogP contribution in [0.15, 0.2) is 18.2 Å². The molecule has 2 N–H and O–H groups in total. The van der Waals surface area contributed by atoms with Crippen LogP contribution in [0.2, 0.25) is 0 Å². The molecule has 0 bridgehead atoms. The number of carboxylic acids is 1. The third kappa shape index (κ3) is 2.81. The average Bonchev–Trinajstić information content (AvgIpc) is 3.18. The van der Waals surface area contributed by atoms with E-state index in [4.69, 9.17) is 14.6 Å². The Labute approximate surface area is 111 Å². The van der Waals surface area contributed by atoms with Crippen molar-refractivity contribution >= 4 is 5.97 Å². The molecule has 1 aromatic carbocycles. The summed E-state index contributed by atoms with van der Waals surface area (Å²) >= 11 is 0. The third-order valence-electron chi connectivity index (χ3n) is 3.58. The number of carboxylic acid groups (broad SMARTS) is 1. The first kappa shape index (κ1) is 12.3. The molecule has 0 saturated heterocycles. The summed E-state index contributed by atoms with van der Waals surface area (Å²) < 4.78 is 11.0. The summed E-state index contributed by atoms with van der Waals surface area (Å²) in [4.78, 5) is 10.7. The van der Waals surface area contributed by atoms with Gasteiger partial charge in [-0.15, -0.1) is 0 Å². The number of hydrogen-bond acceptors (Lipinski definition) is 4. The van der Waals surface area contributed by atoms with Crippen molar-refractivity contribution in [1.82, 2.24) is 5.32 Å². The normalized spacial score (nSPS) is 24.0. The molecule has 2 unspecified atom stereocenters. The molecular weight excluding hydrogens is 246 g/mol. The Morgan fingerprint density at radius 2 is 2.11 bits per heavy atom. The van der Waals surface area contributed by atoms with Gasteiger partial charge in [0, 0.05) is 6.54 Å². The van der Waals surface area contributed by atoms with Crippen LogP contribution in [0.3, 0.4) is 0 Å². The standard InChI is InChI=1S/C14H17NO4/c16-14(17)11-6-10(11)8-15-7-9-1-2-12-13(5-9)19-4-3-18-12/h1-2,5,10-11,15H,3-4,6-8H2,(H,16,17). The van der Waals surface area contributed by atoms with Gasteiger partial charge >= 0.3 is 5.97 Å². The molecule has 1 aromatic rings. The van der Waals surface area contributed by atoms with Crippen LogP contribution in [0.1, 0.15) is 12.0 Å². The summed E-state index contributed by atoms with van der Waals surface area (Å²) in [5.41, 5.74) is 1.12. The first-order valence-corrected chi connectivity index (χ1v) is 6.56. The molecule has 1 fully saturated rings. The molecule has 0 aromatic heterocycles. The fourth-order valence-corrected chi connectivity index (χ4v) is 2.38. The lowest BCUT2D eigenvalue weighted by atomic mass is 10.2. The SMILES string of the molecule is O=C(O)C1CC1CNCc1ccc2c(c1)OCCO2. The van der Waals surface area contributed by atoms with E-state index in [1.165, 1.54) is 0 Å². The Bertz CT molecular complexity index is 488. The van der Waals surface area contributed by atoms with Crippen molar-refractivity contribution in [3.63, 3.8) is 0 Å². The highest BCUT2D eigenvalue weighted by molar-refractivity contribution is 5.73. The van der Waals surface area contributed by atoms with E-state index in [0.29, 0.717) is 13.2 Å². The summed E-state index contributed by atoms with van der Waals surface area (Å²) in [5, 5.41) is 12.1. The van der Waals surface area contributed by atoms with Crippen molar-refractivity contribution in [1.29, 1.82) is 0 Å². The Morgan fingerprint density at radius 3 is 2.84 bits per heavy atom. The smallest absolute Gasteiger partial charge is 0.306 e. The number of fused-ring (bicyclic) bond motifs is 1. The topological polar surface area (TPSA) is 67.8 Å². The van der Waals surface area contributed by atoms with E-state index in [1.807, 2.05) is 18.2 Å². The van der Waals surface area contributed by atoms with Crippen molar-refractivity contribution in [2.75, 3.05) is 19.8 Å². The van der Waals surface area contributed by atoms with Gasteiger partial charge in [0.2, 0.25) is 0 Å². The van der Waals surface area contributed by atoms with Crippen molar-refractivity contribution in [2.45, 2.75) is 13.0 Å². The largest absolute Gasteiger partial charge is 0.486 e. The summed E-state index contributed by atoms with van der Waals surface area (Å²) in [7, 11) is 0. The fraction of sp³-hybridized carbons (Fsp3) is 0.500. The Hall–Kier alpha value is -1.75. The van der Waals surface area contributed by atoms with E-state index in [1.54, 1.807) is 0 Å². The first-order chi connectivity index (χ1) is 9.24. The molecule has 102 valence electrons. The second kappa shape index (κ2) is 5.09. The van der Waals surface area contributed by atoms with Gasteiger partial charge in [0.05, 0.1) is 5.92 Å². The van der Waals surface area contributed by atoms with Gasteiger partial charge in [-0.25, -0.2) is 0 Å². The molecule has 0 amide bonds. The van der Waals surface area contributed by atoms with E-state index in [2.05, 4.69) is 5.32 Å². The molecule has 1 heterocycles. The highest BCUT2D eigenvalue weighted by atomic mass is 16.6. The molecule has 0 radical (unpaired) electrons. The van der Waals surface area contributed by atoms with Crippen molar-refractivity contribution in [3.05, 3.63) is 23.8 Å². The first-order valence-electron chi connectivity index (χ1n) is 6.56. The number of aliphatic carboxylic acids is 1. The van der Waals surface area contributed by atoms with E-state index in [-0.39, 0.29) is 11.8 Å². The van der Waals surface area contributed by atoms with E-state index in [0.717, 1.165) is 36.6 Å². The van der Waals surface area contributed by atoms with Gasteiger partial charge < -0.3 is 19.9 Å². The Kier molecular flexibility index (Phi) is 3.29. The molecule has 0 spiro atoms. The zero-order valence-corrected chi connectivity index (χ0v) is 10.6. The zero-order chi connectivity index (χ0) is 13.2. The van der Waals surface area contributed by atoms with Gasteiger partial charge in [0.25, 0.3) is 0 Å². The molecule has 1 aliphatic carbocycles. The van der Waals surface area contributed by atoms with Gasteiger partial charge in [-0.1, -0.05) is 6.07 Å².